The zero-order valence-electron chi connectivity index (χ0n) is 10.3. The third kappa shape index (κ3) is 2.56. The van der Waals surface area contributed by atoms with E-state index in [1.54, 1.807) is 23.5 Å². The van der Waals surface area contributed by atoms with Crippen molar-refractivity contribution in [2.24, 2.45) is 0 Å². The maximum Gasteiger partial charge on any atom is 0.123 e. The van der Waals surface area contributed by atoms with Crippen molar-refractivity contribution in [3.8, 4) is 10.4 Å². The lowest BCUT2D eigenvalue weighted by Gasteiger charge is -2.07. The predicted octanol–water partition coefficient (Wildman–Crippen LogP) is 3.89. The van der Waals surface area contributed by atoms with Crippen LogP contribution in [-0.2, 0) is 6.54 Å². The Balaban J connectivity index is 2.45. The zero-order chi connectivity index (χ0) is 12.4. The Bertz CT molecular complexity index is 508. The van der Waals surface area contributed by atoms with E-state index in [2.05, 4.69) is 16.8 Å². The molecule has 0 saturated carbocycles. The van der Waals surface area contributed by atoms with Gasteiger partial charge in [-0.3, -0.25) is 0 Å². The number of halogens is 1. The molecule has 0 unspecified atom stereocenters. The fraction of sp³-hybridized carbons (Fsp3) is 0.286. The fourth-order valence-electron chi connectivity index (χ4n) is 2.10. The summed E-state index contributed by atoms with van der Waals surface area (Å²) in [6, 6.07) is 5.37. The SMILES string of the molecule is CNCc1csc(-c2c(C)cc(F)cc2C)c1. The Morgan fingerprint density at radius 3 is 2.41 bits per heavy atom. The van der Waals surface area contributed by atoms with Crippen LogP contribution in [0.2, 0.25) is 0 Å². The van der Waals surface area contributed by atoms with Gasteiger partial charge in [0.1, 0.15) is 5.82 Å². The van der Waals surface area contributed by atoms with Crippen molar-refractivity contribution in [2.45, 2.75) is 20.4 Å². The van der Waals surface area contributed by atoms with Gasteiger partial charge < -0.3 is 5.32 Å². The number of benzene rings is 1. The van der Waals surface area contributed by atoms with Crippen LogP contribution >= 0.6 is 11.3 Å². The quantitative estimate of drug-likeness (QED) is 0.870. The summed E-state index contributed by atoms with van der Waals surface area (Å²) in [6.45, 7) is 4.79. The van der Waals surface area contributed by atoms with Crippen molar-refractivity contribution < 1.29 is 4.39 Å². The van der Waals surface area contributed by atoms with Crippen LogP contribution in [0.15, 0.2) is 23.6 Å². The molecule has 2 aromatic rings. The Morgan fingerprint density at radius 1 is 1.18 bits per heavy atom. The number of hydrogen-bond acceptors (Lipinski definition) is 2. The molecule has 0 aliphatic carbocycles. The van der Waals surface area contributed by atoms with Crippen molar-refractivity contribution >= 4 is 11.3 Å². The standard InChI is InChI=1S/C14H16FNS/c1-9-4-12(15)5-10(2)14(9)13-6-11(7-16-3)8-17-13/h4-6,8,16H,7H2,1-3H3. The van der Waals surface area contributed by atoms with Gasteiger partial charge in [0.2, 0.25) is 0 Å². The van der Waals surface area contributed by atoms with E-state index >= 15 is 0 Å². The van der Waals surface area contributed by atoms with Crippen molar-refractivity contribution in [1.82, 2.24) is 5.32 Å². The molecule has 0 aliphatic rings. The average molecular weight is 249 g/mol. The Morgan fingerprint density at radius 2 is 1.82 bits per heavy atom. The number of rotatable bonds is 3. The van der Waals surface area contributed by atoms with E-state index in [0.29, 0.717) is 0 Å². The molecular formula is C14H16FNS. The third-order valence-electron chi connectivity index (χ3n) is 2.78. The lowest BCUT2D eigenvalue weighted by Crippen LogP contribution is -2.03. The van der Waals surface area contributed by atoms with Crippen LogP contribution in [0, 0.1) is 19.7 Å². The highest BCUT2D eigenvalue weighted by atomic mass is 32.1. The highest BCUT2D eigenvalue weighted by Gasteiger charge is 2.10. The summed E-state index contributed by atoms with van der Waals surface area (Å²) < 4.78 is 13.2. The predicted molar refractivity (Wildman–Crippen MR) is 72.0 cm³/mol. The first-order valence-electron chi connectivity index (χ1n) is 5.61. The van der Waals surface area contributed by atoms with E-state index < -0.39 is 0 Å². The maximum absolute atomic E-state index is 13.2. The summed E-state index contributed by atoms with van der Waals surface area (Å²) in [5.41, 5.74) is 4.44. The molecule has 0 fully saturated rings. The van der Waals surface area contributed by atoms with E-state index in [1.165, 1.54) is 16.0 Å². The monoisotopic (exact) mass is 249 g/mol. The molecule has 0 spiro atoms. The van der Waals surface area contributed by atoms with Crippen LogP contribution in [0.3, 0.4) is 0 Å². The first kappa shape index (κ1) is 12.3. The van der Waals surface area contributed by atoms with Crippen LogP contribution < -0.4 is 5.32 Å². The van der Waals surface area contributed by atoms with Gasteiger partial charge in [-0.1, -0.05) is 0 Å². The van der Waals surface area contributed by atoms with Crippen molar-refractivity contribution in [3.05, 3.63) is 46.1 Å². The van der Waals surface area contributed by atoms with Crippen molar-refractivity contribution in [1.29, 1.82) is 0 Å². The van der Waals surface area contributed by atoms with Gasteiger partial charge >= 0.3 is 0 Å². The van der Waals surface area contributed by atoms with E-state index in [1.807, 2.05) is 20.9 Å². The average Bonchev–Trinajstić information content (AvgIpc) is 2.65. The molecule has 0 saturated heterocycles. The molecule has 0 atom stereocenters. The zero-order valence-corrected chi connectivity index (χ0v) is 11.1. The molecule has 0 amide bonds. The Labute approximate surface area is 105 Å². The normalized spacial score (nSPS) is 10.8. The minimum absolute atomic E-state index is 0.157. The van der Waals surface area contributed by atoms with Crippen molar-refractivity contribution in [3.63, 3.8) is 0 Å². The number of aryl methyl sites for hydroxylation is 2. The molecule has 1 aromatic carbocycles. The van der Waals surface area contributed by atoms with E-state index in [4.69, 9.17) is 0 Å². The summed E-state index contributed by atoms with van der Waals surface area (Å²) in [6.07, 6.45) is 0. The highest BCUT2D eigenvalue weighted by Crippen LogP contribution is 2.33. The van der Waals surface area contributed by atoms with Gasteiger partial charge in [0, 0.05) is 11.4 Å². The molecule has 1 heterocycles. The Kier molecular flexibility index (Phi) is 3.60. The van der Waals surface area contributed by atoms with Crippen LogP contribution in [0.25, 0.3) is 10.4 Å². The molecule has 0 bridgehead atoms. The molecular weight excluding hydrogens is 233 g/mol. The molecule has 3 heteroatoms. The molecule has 2 rings (SSSR count). The largest absolute Gasteiger partial charge is 0.316 e. The third-order valence-corrected chi connectivity index (χ3v) is 3.78. The molecule has 0 radical (unpaired) electrons. The second kappa shape index (κ2) is 4.98. The summed E-state index contributed by atoms with van der Waals surface area (Å²) in [5, 5.41) is 5.28. The molecule has 90 valence electrons. The van der Waals surface area contributed by atoms with E-state index in [9.17, 15) is 4.39 Å². The maximum atomic E-state index is 13.2. The molecule has 1 nitrogen and oxygen atoms in total. The second-order valence-electron chi connectivity index (χ2n) is 4.26. The minimum atomic E-state index is -0.157. The first-order chi connectivity index (χ1) is 8.11. The van der Waals surface area contributed by atoms with Gasteiger partial charge in [-0.15, -0.1) is 11.3 Å². The fourth-order valence-corrected chi connectivity index (χ4v) is 3.19. The lowest BCUT2D eigenvalue weighted by atomic mass is 10.0. The molecule has 1 aromatic heterocycles. The smallest absolute Gasteiger partial charge is 0.123 e. The second-order valence-corrected chi connectivity index (χ2v) is 5.18. The van der Waals surface area contributed by atoms with Gasteiger partial charge in [-0.2, -0.15) is 0 Å². The van der Waals surface area contributed by atoms with Gasteiger partial charge in [0.05, 0.1) is 0 Å². The van der Waals surface area contributed by atoms with Crippen molar-refractivity contribution in [2.75, 3.05) is 7.05 Å². The van der Waals surface area contributed by atoms with E-state index in [0.717, 1.165) is 17.7 Å². The Hall–Kier alpha value is -1.19. The summed E-state index contributed by atoms with van der Waals surface area (Å²) in [7, 11) is 1.94. The van der Waals surface area contributed by atoms with Gasteiger partial charge in [-0.25, -0.2) is 4.39 Å². The topological polar surface area (TPSA) is 12.0 Å². The molecule has 0 aliphatic heterocycles. The van der Waals surface area contributed by atoms with Crippen LogP contribution in [-0.4, -0.2) is 7.05 Å². The minimum Gasteiger partial charge on any atom is -0.316 e. The highest BCUT2D eigenvalue weighted by molar-refractivity contribution is 7.13. The van der Waals surface area contributed by atoms with Crippen LogP contribution in [0.4, 0.5) is 4.39 Å². The van der Waals surface area contributed by atoms with E-state index in [-0.39, 0.29) is 5.82 Å². The first-order valence-corrected chi connectivity index (χ1v) is 6.49. The summed E-state index contributed by atoms with van der Waals surface area (Å²) in [4.78, 5) is 1.21. The summed E-state index contributed by atoms with van der Waals surface area (Å²) in [5.74, 6) is -0.157. The molecule has 17 heavy (non-hydrogen) atoms. The van der Waals surface area contributed by atoms with Gasteiger partial charge in [-0.05, 0) is 66.7 Å². The number of hydrogen-bond donors (Lipinski definition) is 1. The van der Waals surface area contributed by atoms with Crippen LogP contribution in [0.5, 0.6) is 0 Å². The summed E-state index contributed by atoms with van der Waals surface area (Å²) >= 11 is 1.71. The van der Waals surface area contributed by atoms with Gasteiger partial charge in [0.15, 0.2) is 0 Å². The van der Waals surface area contributed by atoms with Crippen LogP contribution in [0.1, 0.15) is 16.7 Å². The number of nitrogens with one attached hydrogen (secondary N) is 1. The van der Waals surface area contributed by atoms with Gasteiger partial charge in [0.25, 0.3) is 0 Å². The number of thiophene rings is 1. The molecule has 1 N–H and O–H groups in total. The lowest BCUT2D eigenvalue weighted by molar-refractivity contribution is 0.625.